The Morgan fingerprint density at radius 3 is 2.35 bits per heavy atom. The molecule has 9 heteroatoms. The molecule has 0 aliphatic heterocycles. The number of halogens is 2. The fraction of sp³-hybridized carbons (Fsp3) is 0.235. The van der Waals surface area contributed by atoms with Crippen molar-refractivity contribution in [2.45, 2.75) is 17.1 Å². The summed E-state index contributed by atoms with van der Waals surface area (Å²) in [4.78, 5) is 22.5. The minimum Gasteiger partial charge on any atom is -0.497 e. The first-order valence-corrected chi connectivity index (χ1v) is 8.23. The Morgan fingerprint density at radius 2 is 1.81 bits per heavy atom. The van der Waals surface area contributed by atoms with Gasteiger partial charge in [0.2, 0.25) is 0 Å². The summed E-state index contributed by atoms with van der Waals surface area (Å²) < 4.78 is 7.64. The molecule has 0 bridgehead atoms. The van der Waals surface area contributed by atoms with Gasteiger partial charge in [0.1, 0.15) is 12.4 Å². The number of nitrogens with zero attached hydrogens (tertiary/aromatic N) is 1. The van der Waals surface area contributed by atoms with Crippen LogP contribution in [0.4, 0.5) is 4.79 Å². The zero-order chi connectivity index (χ0) is 19.2. The topological polar surface area (TPSA) is 90.7 Å². The molecule has 2 aromatic rings. The van der Waals surface area contributed by atoms with Gasteiger partial charge in [-0.25, -0.2) is 4.79 Å². The third kappa shape index (κ3) is 5.00. The normalized spacial score (nSPS) is 12.1. The maximum atomic E-state index is 12.1. The highest BCUT2D eigenvalue weighted by molar-refractivity contribution is 6.47. The molecule has 0 fully saturated rings. The Morgan fingerprint density at radius 1 is 1.19 bits per heavy atom. The summed E-state index contributed by atoms with van der Waals surface area (Å²) in [6.45, 7) is -0.00194. The quantitative estimate of drug-likeness (QED) is 0.328. The second-order valence-corrected chi connectivity index (χ2v) is 6.60. The third-order valence-corrected chi connectivity index (χ3v) is 4.23. The number of alkyl halides is 2. The summed E-state index contributed by atoms with van der Waals surface area (Å²) in [7, 11) is 1.48. The van der Waals surface area contributed by atoms with Crippen LogP contribution in [0.15, 0.2) is 54.6 Å². The third-order valence-electron chi connectivity index (χ3n) is 3.51. The molecule has 1 unspecified atom stereocenters. The molecule has 0 aromatic heterocycles. The molecule has 26 heavy (non-hydrogen) atoms. The second kappa shape index (κ2) is 8.73. The van der Waals surface area contributed by atoms with Crippen molar-refractivity contribution in [3.05, 3.63) is 75.8 Å². The van der Waals surface area contributed by atoms with Gasteiger partial charge in [0.15, 0.2) is 6.04 Å². The molecule has 138 valence electrons. The Kier molecular flexibility index (Phi) is 6.65. The van der Waals surface area contributed by atoms with Gasteiger partial charge in [-0.05, 0) is 46.5 Å². The van der Waals surface area contributed by atoms with E-state index < -0.39 is 21.5 Å². The Labute approximate surface area is 160 Å². The van der Waals surface area contributed by atoms with Gasteiger partial charge in [-0.1, -0.05) is 42.5 Å². The average Bonchev–Trinajstić information content (AvgIpc) is 2.65. The second-order valence-electron chi connectivity index (χ2n) is 5.26. The van der Waals surface area contributed by atoms with Gasteiger partial charge in [0, 0.05) is 0 Å². The maximum absolute atomic E-state index is 12.1. The van der Waals surface area contributed by atoms with E-state index in [4.69, 9.17) is 32.7 Å². The number of hydrogen-bond acceptors (Lipinski definition) is 5. The molecule has 0 heterocycles. The van der Waals surface area contributed by atoms with Gasteiger partial charge >= 0.3 is 10.6 Å². The highest BCUT2D eigenvalue weighted by Gasteiger charge is 2.49. The molecule has 0 radical (unpaired) electrons. The van der Waals surface area contributed by atoms with Crippen LogP contribution in [-0.4, -0.2) is 22.6 Å². The number of methoxy groups -OCH3 is 1. The summed E-state index contributed by atoms with van der Waals surface area (Å²) in [5.74, 6) is 0.537. The molecular formula is C17H16Cl2N2O5. The number of carbonyl (C=O) groups excluding carboxylic acids is 1. The zero-order valence-electron chi connectivity index (χ0n) is 13.7. The highest BCUT2D eigenvalue weighted by atomic mass is 35.5. The first-order chi connectivity index (χ1) is 12.3. The van der Waals surface area contributed by atoms with Crippen molar-refractivity contribution in [3.8, 4) is 5.75 Å². The lowest BCUT2D eigenvalue weighted by Crippen LogP contribution is -2.44. The summed E-state index contributed by atoms with van der Waals surface area (Å²) in [5.41, 5.74) is 1.09. The van der Waals surface area contributed by atoms with Gasteiger partial charge in [0.05, 0.1) is 12.0 Å². The van der Waals surface area contributed by atoms with Gasteiger partial charge in [-0.3, -0.25) is 10.1 Å². The molecule has 1 N–H and O–H groups in total. The molecular weight excluding hydrogens is 383 g/mol. The molecule has 0 saturated heterocycles. The van der Waals surface area contributed by atoms with Crippen LogP contribution < -0.4 is 10.1 Å². The van der Waals surface area contributed by atoms with Crippen LogP contribution in [0.3, 0.4) is 0 Å². The van der Waals surface area contributed by atoms with Crippen molar-refractivity contribution in [1.29, 1.82) is 0 Å². The van der Waals surface area contributed by atoms with Crippen LogP contribution in [0.2, 0.25) is 0 Å². The maximum Gasteiger partial charge on any atom is 0.408 e. The van der Waals surface area contributed by atoms with Gasteiger partial charge in [-0.2, -0.15) is 0 Å². The van der Waals surface area contributed by atoms with Crippen molar-refractivity contribution in [3.63, 3.8) is 0 Å². The van der Waals surface area contributed by atoms with E-state index in [1.807, 2.05) is 6.07 Å². The molecule has 2 rings (SSSR count). The lowest BCUT2D eigenvalue weighted by molar-refractivity contribution is -0.521. The summed E-state index contributed by atoms with van der Waals surface area (Å²) in [5, 5.41) is 13.6. The van der Waals surface area contributed by atoms with Crippen molar-refractivity contribution < 1.29 is 19.2 Å². The Balaban J connectivity index is 2.15. The van der Waals surface area contributed by atoms with Crippen LogP contribution in [0, 0.1) is 10.1 Å². The molecule has 7 nitrogen and oxygen atoms in total. The molecule has 0 spiro atoms. The zero-order valence-corrected chi connectivity index (χ0v) is 15.2. The number of hydrogen-bond donors (Lipinski definition) is 1. The fourth-order valence-electron chi connectivity index (χ4n) is 2.16. The van der Waals surface area contributed by atoms with Crippen molar-refractivity contribution in [1.82, 2.24) is 5.32 Å². The van der Waals surface area contributed by atoms with E-state index in [-0.39, 0.29) is 6.61 Å². The molecule has 1 atom stereocenters. The predicted molar refractivity (Wildman–Crippen MR) is 96.9 cm³/mol. The first kappa shape index (κ1) is 19.8. The number of nitrogens with one attached hydrogen (secondary N) is 1. The van der Waals surface area contributed by atoms with Crippen LogP contribution >= 0.6 is 23.2 Å². The number of rotatable bonds is 7. The standard InChI is InChI=1S/C17H16Cl2N2O5/c1-25-14-9-7-13(8-10-14)15(17(18,19)21(23)24)20-16(22)26-11-12-5-3-2-4-6-12/h2-10,15H,11H2,1H3,(H,20,22). The van der Waals surface area contributed by atoms with E-state index in [2.05, 4.69) is 5.32 Å². The summed E-state index contributed by atoms with van der Waals surface area (Å²) in [6.07, 6.45) is -0.887. The smallest absolute Gasteiger partial charge is 0.408 e. The van der Waals surface area contributed by atoms with E-state index in [0.29, 0.717) is 11.3 Å². The number of nitro groups is 1. The molecule has 1 amide bonds. The van der Waals surface area contributed by atoms with E-state index in [9.17, 15) is 14.9 Å². The number of benzene rings is 2. The number of carbonyl (C=O) groups is 1. The van der Waals surface area contributed by atoms with Gasteiger partial charge < -0.3 is 14.8 Å². The number of amides is 1. The minimum atomic E-state index is -2.49. The van der Waals surface area contributed by atoms with Crippen LogP contribution in [0.5, 0.6) is 5.75 Å². The lowest BCUT2D eigenvalue weighted by atomic mass is 10.1. The van der Waals surface area contributed by atoms with Crippen molar-refractivity contribution >= 4 is 29.3 Å². The predicted octanol–water partition coefficient (Wildman–Crippen LogP) is 4.07. The van der Waals surface area contributed by atoms with E-state index >= 15 is 0 Å². The molecule has 2 aromatic carbocycles. The van der Waals surface area contributed by atoms with E-state index in [0.717, 1.165) is 5.56 Å². The highest BCUT2D eigenvalue weighted by Crippen LogP contribution is 2.37. The Hall–Kier alpha value is -2.51. The largest absolute Gasteiger partial charge is 0.497 e. The van der Waals surface area contributed by atoms with E-state index in [1.54, 1.807) is 36.4 Å². The van der Waals surface area contributed by atoms with E-state index in [1.165, 1.54) is 19.2 Å². The Bertz CT molecular complexity index is 754. The molecule has 0 aliphatic carbocycles. The van der Waals surface area contributed by atoms with Crippen LogP contribution in [0.1, 0.15) is 17.2 Å². The average molecular weight is 399 g/mol. The minimum absolute atomic E-state index is 0.00194. The lowest BCUT2D eigenvalue weighted by Gasteiger charge is -2.24. The van der Waals surface area contributed by atoms with Gasteiger partial charge in [0.25, 0.3) is 0 Å². The molecule has 0 aliphatic rings. The van der Waals surface area contributed by atoms with Crippen molar-refractivity contribution in [2.24, 2.45) is 0 Å². The monoisotopic (exact) mass is 398 g/mol. The summed E-state index contributed by atoms with van der Waals surface area (Å²) >= 11 is 11.7. The van der Waals surface area contributed by atoms with Gasteiger partial charge in [-0.15, -0.1) is 0 Å². The van der Waals surface area contributed by atoms with Crippen LogP contribution in [0.25, 0.3) is 0 Å². The fourth-order valence-corrected chi connectivity index (χ4v) is 2.52. The van der Waals surface area contributed by atoms with Crippen molar-refractivity contribution in [2.75, 3.05) is 7.11 Å². The summed E-state index contributed by atoms with van der Waals surface area (Å²) in [6, 6.07) is 13.8. The first-order valence-electron chi connectivity index (χ1n) is 7.48. The van der Waals surface area contributed by atoms with Crippen LogP contribution in [-0.2, 0) is 11.3 Å². The number of alkyl carbamates (subject to hydrolysis) is 1. The molecule has 0 saturated carbocycles. The number of ether oxygens (including phenoxy) is 2. The SMILES string of the molecule is COc1ccc(C(NC(=O)OCc2ccccc2)C(Cl)(Cl)[N+](=O)[O-])cc1.